The van der Waals surface area contributed by atoms with E-state index in [-0.39, 0.29) is 50.0 Å². The molecule has 14 unspecified atom stereocenters. The van der Waals surface area contributed by atoms with Crippen LogP contribution in [0.1, 0.15) is 108 Å². The monoisotopic (exact) mass is 1340 g/mol. The fourth-order valence-corrected chi connectivity index (χ4v) is 12.2. The lowest BCUT2D eigenvalue weighted by atomic mass is 9.82. The van der Waals surface area contributed by atoms with Crippen molar-refractivity contribution in [1.82, 2.24) is 25.3 Å². The average Bonchev–Trinajstić information content (AvgIpc) is 0.810. The van der Waals surface area contributed by atoms with Crippen molar-refractivity contribution >= 4 is 35.0 Å². The van der Waals surface area contributed by atoms with Crippen LogP contribution in [0, 0.1) is 17.8 Å². The van der Waals surface area contributed by atoms with Gasteiger partial charge in [-0.2, -0.15) is 0 Å². The third kappa shape index (κ3) is 28.7. The molecule has 2 bridgehead atoms. The van der Waals surface area contributed by atoms with Crippen molar-refractivity contribution < 1.29 is 94.0 Å². The van der Waals surface area contributed by atoms with Gasteiger partial charge in [0.05, 0.1) is 86.0 Å². The number of piperazine rings is 1. The van der Waals surface area contributed by atoms with Crippen LogP contribution in [0.5, 0.6) is 0 Å². The summed E-state index contributed by atoms with van der Waals surface area (Å²) in [4.78, 5) is 73.0. The molecular weight excluding hydrogens is 1230 g/mol. The number of aliphatic hydroxyl groups is 10. The second-order valence-electron chi connectivity index (χ2n) is 26.3. The number of carbonyl (C=O) groups excluding carboxylic acids is 5. The number of aliphatic hydroxyl groups excluding tert-OH is 9. The summed E-state index contributed by atoms with van der Waals surface area (Å²) in [6, 6.07) is 5.69. The molecule has 4 heterocycles. The van der Waals surface area contributed by atoms with Crippen LogP contribution in [0.4, 0.5) is 5.69 Å². The maximum Gasteiger partial charge on any atom is 0.308 e. The van der Waals surface area contributed by atoms with E-state index in [1.54, 1.807) is 117 Å². The van der Waals surface area contributed by atoms with Gasteiger partial charge in [-0.25, -0.2) is 0 Å². The number of esters is 1. The molecule has 2 amide bonds. The molecule has 0 aliphatic carbocycles. The fraction of sp³-hybridized carbons (Fsp3) is 0.643. The lowest BCUT2D eigenvalue weighted by Gasteiger charge is -2.46. The molecular formula is C70H108N6O19. The summed E-state index contributed by atoms with van der Waals surface area (Å²) in [5, 5.41) is 122. The van der Waals surface area contributed by atoms with Crippen LogP contribution in [0.2, 0.25) is 0 Å². The topological polar surface area (TPSA) is 370 Å². The van der Waals surface area contributed by atoms with Crippen LogP contribution in [0.25, 0.3) is 0 Å². The van der Waals surface area contributed by atoms with Crippen molar-refractivity contribution in [1.29, 1.82) is 0 Å². The molecule has 3 fully saturated rings. The van der Waals surface area contributed by atoms with Gasteiger partial charge in [0.15, 0.2) is 17.9 Å². The molecule has 25 nitrogen and oxygen atoms in total. The number of amides is 2. The van der Waals surface area contributed by atoms with Gasteiger partial charge in [-0.3, -0.25) is 28.9 Å². The Morgan fingerprint density at radius 2 is 1.31 bits per heavy atom. The second kappa shape index (κ2) is 40.9. The van der Waals surface area contributed by atoms with E-state index in [1.165, 1.54) is 0 Å². The first-order chi connectivity index (χ1) is 45.1. The van der Waals surface area contributed by atoms with Crippen LogP contribution >= 0.6 is 0 Å². The van der Waals surface area contributed by atoms with Crippen molar-refractivity contribution in [3.05, 3.63) is 115 Å². The van der Waals surface area contributed by atoms with E-state index in [9.17, 15) is 75.0 Å². The number of ether oxygens (including phenoxy) is 4. The molecule has 5 rings (SSSR count). The minimum absolute atomic E-state index is 0.0259. The molecule has 1 aromatic rings. The van der Waals surface area contributed by atoms with Crippen LogP contribution in [0.15, 0.2) is 109 Å². The number of hydrogen-bond acceptors (Lipinski definition) is 23. The number of nitrogens with zero attached hydrogens (tertiary/aromatic N) is 3. The summed E-state index contributed by atoms with van der Waals surface area (Å²) in [5.74, 6) is -7.04. The zero-order valence-electron chi connectivity index (χ0n) is 56.2. The molecule has 4 aliphatic heterocycles. The molecule has 13 N–H and O–H groups in total. The van der Waals surface area contributed by atoms with Gasteiger partial charge in [0.1, 0.15) is 24.1 Å². The highest BCUT2D eigenvalue weighted by atomic mass is 16.7. The molecule has 3 saturated heterocycles. The fourth-order valence-electron chi connectivity index (χ4n) is 12.2. The zero-order chi connectivity index (χ0) is 69.8. The lowest BCUT2D eigenvalue weighted by molar-refractivity contribution is -0.307. The van der Waals surface area contributed by atoms with E-state index >= 15 is 0 Å². The molecule has 532 valence electrons. The predicted octanol–water partition coefficient (Wildman–Crippen LogP) is 1.74. The van der Waals surface area contributed by atoms with E-state index in [1.807, 2.05) is 50.9 Å². The first-order valence-electron chi connectivity index (χ1n) is 33.3. The molecule has 25 heteroatoms. The maximum absolute atomic E-state index is 14.1. The Hall–Kier alpha value is -5.69. The third-order valence-electron chi connectivity index (χ3n) is 17.5. The van der Waals surface area contributed by atoms with Gasteiger partial charge in [-0.1, -0.05) is 98.9 Å². The molecule has 0 spiro atoms. The smallest absolute Gasteiger partial charge is 0.308 e. The third-order valence-corrected chi connectivity index (χ3v) is 17.5. The Balaban J connectivity index is 1.39. The number of carbonyl (C=O) groups is 5. The number of nitrogens with one attached hydrogen (secondary N) is 3. The largest absolute Gasteiger partial charge is 0.461 e. The number of benzene rings is 1. The van der Waals surface area contributed by atoms with Gasteiger partial charge >= 0.3 is 5.97 Å². The summed E-state index contributed by atoms with van der Waals surface area (Å²) in [6.07, 6.45) is 2.29. The second-order valence-corrected chi connectivity index (χ2v) is 26.3. The molecule has 4 aliphatic rings. The first-order valence-corrected chi connectivity index (χ1v) is 33.3. The number of likely N-dealkylation sites (N-methyl/N-ethyl adjacent to an activating group) is 2. The van der Waals surface area contributed by atoms with E-state index in [0.717, 1.165) is 18.8 Å². The lowest BCUT2D eigenvalue weighted by Crippen LogP contribution is -2.65. The summed E-state index contributed by atoms with van der Waals surface area (Å²) in [6.45, 7) is 8.74. The number of ketones is 2. The average molecular weight is 1340 g/mol. The molecule has 0 radical (unpaired) electrons. The van der Waals surface area contributed by atoms with Crippen LogP contribution < -0.4 is 16.0 Å². The van der Waals surface area contributed by atoms with Crippen molar-refractivity contribution in [2.75, 3.05) is 79.3 Å². The summed E-state index contributed by atoms with van der Waals surface area (Å²) < 4.78 is 24.8. The molecule has 1 aromatic carbocycles. The van der Waals surface area contributed by atoms with Gasteiger partial charge < -0.3 is 95.8 Å². The van der Waals surface area contributed by atoms with Gasteiger partial charge in [-0.05, 0) is 90.4 Å². The van der Waals surface area contributed by atoms with Crippen molar-refractivity contribution in [2.24, 2.45) is 17.8 Å². The highest BCUT2D eigenvalue weighted by molar-refractivity contribution is 5.96. The minimum Gasteiger partial charge on any atom is -0.461 e. The Labute approximate surface area is 559 Å². The van der Waals surface area contributed by atoms with E-state index in [0.29, 0.717) is 31.6 Å². The van der Waals surface area contributed by atoms with Gasteiger partial charge in [-0.15, -0.1) is 0 Å². The zero-order valence-corrected chi connectivity index (χ0v) is 56.2. The molecule has 0 saturated carbocycles. The molecule has 95 heavy (non-hydrogen) atoms. The van der Waals surface area contributed by atoms with Crippen molar-refractivity contribution in [3.8, 4) is 0 Å². The number of hydrogen-bond donors (Lipinski definition) is 13. The number of cyclic esters (lactones) is 1. The van der Waals surface area contributed by atoms with Crippen LogP contribution in [0.3, 0.4) is 0 Å². The SMILES string of the molecule is CNc1ccc(C(=O)CC(O)CCC(C)C2OC(=O)CC(O)CC(=O)CC(O)CC(O)CC(O)CC(O)CC3(O)CC(O)C(C(=O)NCCN(C)C)C(CC(O[C@@H]4O[C@H](C)[C@@H](O)[C@H](NC(=O)CN5CCN(C)CC5)[C@@H]4O)/C=C/C=C/C=C/C=C\C=C/C=C/C=C/C2C)O3)cc1. The Morgan fingerprint density at radius 3 is 1.92 bits per heavy atom. The number of fused-ring (bicyclic) bond motifs is 2. The van der Waals surface area contributed by atoms with Gasteiger partial charge in [0.2, 0.25) is 11.8 Å². The predicted molar refractivity (Wildman–Crippen MR) is 357 cm³/mol. The standard InChI is InChI=1S/C70H108N6O19/c1-45-20-18-16-14-12-10-8-9-11-13-15-17-19-21-57(93-69-66(89)64(65(88)47(3)92-69)73-61(86)44-76-32-30-75(7)31-33-76)41-60-63(68(90)72-28-29-74(5)6)59(85)43-70(91,95-60)42-56(83)38-54(81)36-52(79)34-51(78)35-53(80)37-55(82)40-62(87)94-67(45)46(2)22-27-50(77)39-58(84)48-23-25-49(71-4)26-24-48/h8-21,23-26,45-47,50-52,54-57,59-60,63-67,69,71,77-79,81-83,85,88-89,91H,22,27-44H2,1-7H3,(H,72,90)(H,73,86)/b9-8-,12-10-,13-11+,16-14+,17-15+,20-18+,21-19+/t45?,46?,47-,50?,51?,52?,54?,55?,56?,57?,59?,60?,63?,64+,65-,66+,67?,69+,70?/m1/s1. The van der Waals surface area contributed by atoms with Crippen molar-refractivity contribution in [3.63, 3.8) is 0 Å². The highest BCUT2D eigenvalue weighted by Crippen LogP contribution is 2.38. The summed E-state index contributed by atoms with van der Waals surface area (Å²) in [7, 11) is 7.39. The molecule has 19 atom stereocenters. The first kappa shape index (κ1) is 80.0. The van der Waals surface area contributed by atoms with E-state index < -0.39 is 178 Å². The quantitative estimate of drug-likeness (QED) is 0.0780. The maximum atomic E-state index is 14.1. The Kier molecular flexibility index (Phi) is 34.4. The Bertz CT molecular complexity index is 2740. The summed E-state index contributed by atoms with van der Waals surface area (Å²) in [5.41, 5.74) is 1.30. The van der Waals surface area contributed by atoms with Crippen LogP contribution in [-0.2, 0) is 38.1 Å². The van der Waals surface area contributed by atoms with Gasteiger partial charge in [0.25, 0.3) is 0 Å². The van der Waals surface area contributed by atoms with Gasteiger partial charge in [0, 0.05) is 102 Å². The number of rotatable bonds is 17. The van der Waals surface area contributed by atoms with Crippen LogP contribution in [-0.4, -0.2) is 267 Å². The van der Waals surface area contributed by atoms with Crippen molar-refractivity contribution in [2.45, 2.75) is 195 Å². The highest BCUT2D eigenvalue weighted by Gasteiger charge is 2.51. The van der Waals surface area contributed by atoms with E-state index in [2.05, 4.69) is 20.9 Å². The molecule has 0 aromatic heterocycles. The normalized spacial score (nSPS) is 35.3. The summed E-state index contributed by atoms with van der Waals surface area (Å²) >= 11 is 0. The number of anilines is 1. The Morgan fingerprint density at radius 1 is 0.726 bits per heavy atom. The minimum atomic E-state index is -2.32. The number of allylic oxidation sites excluding steroid dienone is 12. The van der Waals surface area contributed by atoms with E-state index in [4.69, 9.17) is 18.9 Å². The number of Topliss-reactive ketones (excluding diaryl/α,β-unsaturated/α-hetero) is 2.